The van der Waals surface area contributed by atoms with Crippen molar-refractivity contribution in [3.05, 3.63) is 35.4 Å². The molecule has 16 N–H and O–H groups in total. The first-order chi connectivity index (χ1) is 25.3. The Labute approximate surface area is 302 Å². The van der Waals surface area contributed by atoms with Crippen molar-refractivity contribution in [3.63, 3.8) is 0 Å². The molecule has 4 aliphatic heterocycles. The smallest absolute Gasteiger partial charge is 0.200 e. The van der Waals surface area contributed by atoms with Crippen molar-refractivity contribution >= 4 is 11.6 Å². The van der Waals surface area contributed by atoms with E-state index in [1.54, 1.807) is 0 Å². The number of hydrogen-bond donors (Lipinski definition) is 16. The molecule has 0 aliphatic carbocycles. The van der Waals surface area contributed by atoms with Gasteiger partial charge in [0.15, 0.2) is 48.9 Å². The van der Waals surface area contributed by atoms with Crippen LogP contribution >= 0.6 is 0 Å². The van der Waals surface area contributed by atoms with Crippen LogP contribution < -0.4 is 0 Å². The second-order valence-electron chi connectivity index (χ2n) is 13.1. The Hall–Kier alpha value is -2.32. The van der Waals surface area contributed by atoms with Crippen LogP contribution in [-0.4, -0.2) is 229 Å². The molecule has 0 spiro atoms. The monoisotopic (exact) mass is 786 g/mol. The molecule has 1 aromatic rings. The molecule has 24 heteroatoms. The minimum Gasteiger partial charge on any atom is -0.393 e. The zero-order valence-corrected chi connectivity index (χ0v) is 27.5. The van der Waals surface area contributed by atoms with Crippen molar-refractivity contribution in [2.75, 3.05) is 13.2 Å². The predicted molar refractivity (Wildman–Crippen MR) is 160 cm³/mol. The number of hydrogen-bond acceptors (Lipinski definition) is 24. The molecule has 4 fully saturated rings. The fraction of sp³-hybridized carbons (Fsp3) is 0.733. The average Bonchev–Trinajstić information content (AvgIpc) is 3.16. The molecule has 4 heterocycles. The lowest BCUT2D eigenvalue weighted by atomic mass is 9.76. The first kappa shape index (κ1) is 42.8. The average molecular weight is 787 g/mol. The summed E-state index contributed by atoms with van der Waals surface area (Å²) >= 11 is 0. The highest BCUT2D eigenvalue weighted by Gasteiger charge is 2.64. The number of aliphatic hydroxyl groups excluding tert-OH is 16. The number of benzene rings is 1. The Morgan fingerprint density at radius 3 is 1.11 bits per heavy atom. The minimum absolute atomic E-state index is 0.838. The SMILES string of the molecule is O=C(c1ccccc1C(=O)[C@]1(CO)O[C@@H](O)[C@H](O)[C@H](O)[C@@H]1O[C@@H]1O[C@H](O)[C@@H](O)[C@H](O)[C@H]1O)[C@]1(CO)O[C@@H](O)[C@H](O)[C@H](O)[C@@H]1O[C@@H]1O[C@H](O)[C@@H](O)[C@H](O)[C@H]1O. The van der Waals surface area contributed by atoms with Crippen molar-refractivity contribution in [1.29, 1.82) is 0 Å². The van der Waals surface area contributed by atoms with Crippen LogP contribution in [-0.2, 0) is 28.4 Å². The zero-order valence-electron chi connectivity index (χ0n) is 27.5. The third kappa shape index (κ3) is 7.11. The van der Waals surface area contributed by atoms with E-state index in [1.165, 1.54) is 0 Å². The van der Waals surface area contributed by atoms with E-state index in [2.05, 4.69) is 0 Å². The summed E-state index contributed by atoms with van der Waals surface area (Å²) in [7, 11) is 0. The summed E-state index contributed by atoms with van der Waals surface area (Å²) in [5, 5.41) is 166. The lowest BCUT2D eigenvalue weighted by Gasteiger charge is -2.50. The van der Waals surface area contributed by atoms with Crippen LogP contribution in [0.25, 0.3) is 0 Å². The molecule has 24 nitrogen and oxygen atoms in total. The van der Waals surface area contributed by atoms with Gasteiger partial charge in [-0.2, -0.15) is 0 Å². The van der Waals surface area contributed by atoms with Crippen molar-refractivity contribution in [2.45, 2.75) is 122 Å². The molecule has 0 saturated carbocycles. The van der Waals surface area contributed by atoms with E-state index in [9.17, 15) is 91.3 Å². The topological polar surface area (TPSA) is 413 Å². The van der Waals surface area contributed by atoms with Crippen LogP contribution in [0.15, 0.2) is 24.3 Å². The summed E-state index contributed by atoms with van der Waals surface area (Å²) in [6.45, 7) is -3.14. The Bertz CT molecular complexity index is 1380. The zero-order chi connectivity index (χ0) is 40.2. The second-order valence-corrected chi connectivity index (χ2v) is 13.1. The first-order valence-corrected chi connectivity index (χ1v) is 16.2. The molecule has 0 unspecified atom stereocenters. The predicted octanol–water partition coefficient (Wildman–Crippen LogP) is -10.1. The van der Waals surface area contributed by atoms with Gasteiger partial charge in [0.05, 0.1) is 13.2 Å². The first-order valence-electron chi connectivity index (χ1n) is 16.2. The Morgan fingerprint density at radius 2 is 0.796 bits per heavy atom. The van der Waals surface area contributed by atoms with Gasteiger partial charge >= 0.3 is 0 Å². The van der Waals surface area contributed by atoms with Crippen LogP contribution in [0.5, 0.6) is 0 Å². The van der Waals surface area contributed by atoms with E-state index >= 15 is 0 Å². The van der Waals surface area contributed by atoms with Gasteiger partial charge in [0.25, 0.3) is 0 Å². The van der Waals surface area contributed by atoms with E-state index in [1.807, 2.05) is 0 Å². The Balaban J connectivity index is 1.57. The van der Waals surface area contributed by atoms with Crippen molar-refractivity contribution in [1.82, 2.24) is 0 Å². The van der Waals surface area contributed by atoms with Crippen LogP contribution in [0.4, 0.5) is 0 Å². The quantitative estimate of drug-likeness (QED) is 0.0979. The number of rotatable bonds is 10. The summed E-state index contributed by atoms with van der Waals surface area (Å²) < 4.78 is 31.4. The highest BCUT2D eigenvalue weighted by Crippen LogP contribution is 2.40. The third-order valence-electron chi connectivity index (χ3n) is 9.79. The van der Waals surface area contributed by atoms with Crippen LogP contribution in [0, 0.1) is 0 Å². The fourth-order valence-electron chi connectivity index (χ4n) is 6.61. The van der Waals surface area contributed by atoms with Crippen molar-refractivity contribution in [2.24, 2.45) is 0 Å². The maximum atomic E-state index is 14.5. The number of carbonyl (C=O) groups is 2. The molecule has 306 valence electrons. The molecule has 4 saturated heterocycles. The minimum atomic E-state index is -3.10. The van der Waals surface area contributed by atoms with Gasteiger partial charge in [-0.3, -0.25) is 9.59 Å². The Morgan fingerprint density at radius 1 is 0.481 bits per heavy atom. The van der Waals surface area contributed by atoms with Crippen molar-refractivity contribution < 1.29 is 120 Å². The number of ether oxygens (including phenoxy) is 6. The van der Waals surface area contributed by atoms with Gasteiger partial charge in [-0.05, 0) is 0 Å². The van der Waals surface area contributed by atoms with Crippen molar-refractivity contribution in [3.8, 4) is 0 Å². The van der Waals surface area contributed by atoms with Gasteiger partial charge in [0.2, 0.25) is 11.6 Å². The second kappa shape index (κ2) is 16.3. The largest absolute Gasteiger partial charge is 0.393 e. The Kier molecular flexibility index (Phi) is 12.9. The van der Waals surface area contributed by atoms with Gasteiger partial charge in [-0.25, -0.2) is 0 Å². The summed E-state index contributed by atoms with van der Waals surface area (Å²) in [6, 6.07) is 4.04. The maximum Gasteiger partial charge on any atom is 0.200 e. The third-order valence-corrected chi connectivity index (χ3v) is 9.79. The molecule has 0 bridgehead atoms. The molecular weight excluding hydrogens is 744 g/mol. The molecule has 4 aliphatic rings. The summed E-state index contributed by atoms with van der Waals surface area (Å²) in [5.41, 5.74) is -7.87. The molecule has 0 aromatic heterocycles. The van der Waals surface area contributed by atoms with E-state index < -0.39 is 158 Å². The maximum absolute atomic E-state index is 14.5. The summed E-state index contributed by atoms with van der Waals surface area (Å²) in [4.78, 5) is 29.0. The van der Waals surface area contributed by atoms with E-state index in [4.69, 9.17) is 28.4 Å². The van der Waals surface area contributed by atoms with E-state index in [0.29, 0.717) is 0 Å². The lowest BCUT2D eigenvalue weighted by molar-refractivity contribution is -0.384. The van der Waals surface area contributed by atoms with E-state index in [0.717, 1.165) is 24.3 Å². The standard InChI is InChI=1S/C30H42O24/c31-5-29(21(11(35)15(39)25(47)53-29)49-27-17(41)9(33)13(37)23(45)51-27)19(43)7-3-1-2-4-8(7)20(44)30(6-32)22(12(36)16(40)26(48)54-30)50-28-18(42)10(34)14(38)24(46)52-28/h1-4,9-18,21-28,31-42,45-48H,5-6H2/t9-,10-,11-,12-,13-,14-,15+,16+,17+,18+,21-,22-,23-,24-,25+,26+,27+,28+,29-,30-/m0/s1. The summed E-state index contributed by atoms with van der Waals surface area (Å²) in [5.74, 6) is -3.13. The molecule has 0 amide bonds. The molecule has 1 aromatic carbocycles. The van der Waals surface area contributed by atoms with Gasteiger partial charge in [-0.1, -0.05) is 24.3 Å². The number of ketones is 2. The summed E-state index contributed by atoms with van der Waals surface area (Å²) in [6.07, 6.45) is -41.1. The van der Waals surface area contributed by atoms with Crippen LogP contribution in [0.1, 0.15) is 20.7 Å². The van der Waals surface area contributed by atoms with Gasteiger partial charge < -0.3 is 110 Å². The number of aliphatic hydroxyl groups is 16. The van der Waals surface area contributed by atoms with Crippen LogP contribution in [0.2, 0.25) is 0 Å². The molecule has 54 heavy (non-hydrogen) atoms. The van der Waals surface area contributed by atoms with E-state index in [-0.39, 0.29) is 0 Å². The van der Waals surface area contributed by atoms with Crippen LogP contribution in [0.3, 0.4) is 0 Å². The normalized spacial score (nSPS) is 48.7. The highest BCUT2D eigenvalue weighted by molar-refractivity contribution is 6.15. The number of Topliss-reactive ketones (excluding diaryl/α,β-unsaturated/α-hetero) is 2. The fourth-order valence-corrected chi connectivity index (χ4v) is 6.61. The molecule has 0 radical (unpaired) electrons. The van der Waals surface area contributed by atoms with Gasteiger partial charge in [0, 0.05) is 11.1 Å². The molecule has 5 rings (SSSR count). The number of carbonyl (C=O) groups excluding carboxylic acids is 2. The molecular formula is C30H42O24. The molecule has 20 atom stereocenters. The van der Waals surface area contributed by atoms with Gasteiger partial charge in [0.1, 0.15) is 73.2 Å². The lowest BCUT2D eigenvalue weighted by Crippen LogP contribution is -2.72. The highest BCUT2D eigenvalue weighted by atomic mass is 16.8. The van der Waals surface area contributed by atoms with Gasteiger partial charge in [-0.15, -0.1) is 0 Å².